The fourth-order valence-corrected chi connectivity index (χ4v) is 2.77. The monoisotopic (exact) mass is 229 g/mol. The Bertz CT molecular complexity index is 635. The van der Waals surface area contributed by atoms with Crippen LogP contribution in [0.3, 0.4) is 0 Å². The van der Waals surface area contributed by atoms with Crippen LogP contribution in [0.25, 0.3) is 0 Å². The highest BCUT2D eigenvalue weighted by atomic mass is 17.3. The number of epoxide rings is 1. The van der Waals surface area contributed by atoms with Crippen LogP contribution in [0.4, 0.5) is 0 Å². The molecule has 2 unspecified atom stereocenters. The van der Waals surface area contributed by atoms with Gasteiger partial charge in [-0.1, -0.05) is 30.3 Å². The van der Waals surface area contributed by atoms with Gasteiger partial charge in [0.25, 0.3) is 5.76 Å². The van der Waals surface area contributed by atoms with Gasteiger partial charge in [-0.2, -0.15) is 0 Å². The third-order valence-electron chi connectivity index (χ3n) is 3.66. The Labute approximate surface area is 95.9 Å². The molecule has 0 aromatic heterocycles. The summed E-state index contributed by atoms with van der Waals surface area (Å²) in [5.41, 5.74) is 6.74. The molecule has 2 atom stereocenters. The van der Waals surface area contributed by atoms with E-state index < -0.39 is 11.4 Å². The van der Waals surface area contributed by atoms with Gasteiger partial charge in [-0.15, -0.1) is 4.89 Å². The molecule has 0 saturated carbocycles. The molecule has 6 rings (SSSR count). The molecule has 2 N–H and O–H groups in total. The minimum Gasteiger partial charge on any atom is -0.449 e. The molecule has 5 nitrogen and oxygen atoms in total. The van der Waals surface area contributed by atoms with Gasteiger partial charge in [0.05, 0.1) is 0 Å². The van der Waals surface area contributed by atoms with E-state index in [4.69, 9.17) is 25.0 Å². The summed E-state index contributed by atoms with van der Waals surface area (Å²) in [4.78, 5) is 10.1. The molecule has 5 aliphatic rings. The number of benzene rings is 1. The average molecular weight is 229 g/mol. The third-order valence-corrected chi connectivity index (χ3v) is 3.66. The van der Waals surface area contributed by atoms with Crippen LogP contribution in [0.15, 0.2) is 53.3 Å². The zero-order valence-corrected chi connectivity index (χ0v) is 8.60. The molecular weight excluding hydrogens is 222 g/mol. The van der Waals surface area contributed by atoms with Gasteiger partial charge in [-0.05, 0) is 5.56 Å². The van der Waals surface area contributed by atoms with E-state index in [1.807, 2.05) is 30.3 Å². The van der Waals surface area contributed by atoms with Crippen LogP contribution in [-0.4, -0.2) is 5.79 Å². The fourth-order valence-electron chi connectivity index (χ4n) is 2.77. The average Bonchev–Trinajstić information content (AvgIpc) is 3.07. The van der Waals surface area contributed by atoms with Crippen LogP contribution in [-0.2, 0) is 24.8 Å². The molecule has 4 heterocycles. The van der Waals surface area contributed by atoms with E-state index in [0.29, 0.717) is 23.0 Å². The third kappa shape index (κ3) is 0.582. The maximum absolute atomic E-state index is 5.93. The standard InChI is InChI=1S/C12H7NO4/c13-7-8-10-12(17-15-10)11(16-12,9(7)14-8)6-4-2-1-3-5-6/h1-5H,13H2. The Hall–Kier alpha value is -1.98. The van der Waals surface area contributed by atoms with E-state index in [-0.39, 0.29) is 0 Å². The van der Waals surface area contributed by atoms with Crippen molar-refractivity contribution in [1.29, 1.82) is 0 Å². The second-order valence-electron chi connectivity index (χ2n) is 4.44. The summed E-state index contributed by atoms with van der Waals surface area (Å²) in [7, 11) is 0. The zero-order chi connectivity index (χ0) is 11.3. The topological polar surface area (TPSA) is 66.2 Å². The van der Waals surface area contributed by atoms with Crippen molar-refractivity contribution in [2.24, 2.45) is 5.73 Å². The minimum absolute atomic E-state index is 0.550. The minimum atomic E-state index is -0.819. The maximum atomic E-state index is 5.93. The van der Waals surface area contributed by atoms with Crippen molar-refractivity contribution < 1.29 is 19.2 Å². The number of nitrogens with two attached hydrogens (primary N) is 1. The summed E-state index contributed by atoms with van der Waals surface area (Å²) in [5.74, 6) is 0.912. The predicted molar refractivity (Wildman–Crippen MR) is 53.4 cm³/mol. The first kappa shape index (κ1) is 8.16. The fraction of sp³-hybridized carbons (Fsp3) is 0.167. The van der Waals surface area contributed by atoms with Crippen LogP contribution in [0.5, 0.6) is 0 Å². The van der Waals surface area contributed by atoms with E-state index in [2.05, 4.69) is 0 Å². The smallest absolute Gasteiger partial charge is 0.321 e. The first-order valence-corrected chi connectivity index (χ1v) is 5.34. The van der Waals surface area contributed by atoms with Crippen LogP contribution in [0.2, 0.25) is 0 Å². The lowest BCUT2D eigenvalue weighted by Crippen LogP contribution is -2.50. The maximum Gasteiger partial charge on any atom is 0.321 e. The van der Waals surface area contributed by atoms with Crippen molar-refractivity contribution in [3.63, 3.8) is 0 Å². The van der Waals surface area contributed by atoms with Gasteiger partial charge in [0.1, 0.15) is 5.70 Å². The summed E-state index contributed by atoms with van der Waals surface area (Å²) in [6, 6.07) is 9.74. The second kappa shape index (κ2) is 2.05. The van der Waals surface area contributed by atoms with Crippen LogP contribution in [0, 0.1) is 0 Å². The molecule has 1 aromatic carbocycles. The van der Waals surface area contributed by atoms with Gasteiger partial charge < -0.3 is 20.1 Å². The highest BCUT2D eigenvalue weighted by Gasteiger charge is 2.90. The number of ether oxygens (including phenoxy) is 2. The molecule has 5 heteroatoms. The normalized spacial score (nSPS) is 39.3. The van der Waals surface area contributed by atoms with Crippen molar-refractivity contribution in [3.05, 3.63) is 58.9 Å². The van der Waals surface area contributed by atoms with Gasteiger partial charge in [-0.25, -0.2) is 0 Å². The highest BCUT2D eigenvalue weighted by Crippen LogP contribution is 2.75. The zero-order valence-electron chi connectivity index (χ0n) is 8.60. The van der Waals surface area contributed by atoms with E-state index in [0.717, 1.165) is 5.56 Å². The Morgan fingerprint density at radius 1 is 1.06 bits per heavy atom. The first-order valence-electron chi connectivity index (χ1n) is 5.34. The largest absolute Gasteiger partial charge is 0.449 e. The second-order valence-corrected chi connectivity index (χ2v) is 4.44. The number of hydrogen-bond acceptors (Lipinski definition) is 5. The highest BCUT2D eigenvalue weighted by molar-refractivity contribution is 5.61. The van der Waals surface area contributed by atoms with Gasteiger partial charge >= 0.3 is 5.79 Å². The van der Waals surface area contributed by atoms with Crippen LogP contribution < -0.4 is 5.73 Å². The molecule has 1 spiro atoms. The lowest BCUT2D eigenvalue weighted by Gasteiger charge is -2.40. The van der Waals surface area contributed by atoms with Crippen LogP contribution in [0.1, 0.15) is 5.56 Å². The Balaban J connectivity index is 1.80. The number of hydrogen-bond donors (Lipinski definition) is 1. The molecule has 1 aromatic rings. The summed E-state index contributed by atoms with van der Waals surface area (Å²) >= 11 is 0. The van der Waals surface area contributed by atoms with Crippen molar-refractivity contribution in [1.82, 2.24) is 0 Å². The van der Waals surface area contributed by atoms with E-state index >= 15 is 0 Å². The molecule has 1 aliphatic carbocycles. The van der Waals surface area contributed by atoms with E-state index in [1.54, 1.807) is 0 Å². The van der Waals surface area contributed by atoms with E-state index in [1.165, 1.54) is 0 Å². The summed E-state index contributed by atoms with van der Waals surface area (Å²) in [5, 5.41) is 0. The van der Waals surface area contributed by atoms with Crippen LogP contribution >= 0.6 is 0 Å². The molecule has 84 valence electrons. The Kier molecular flexibility index (Phi) is 0.986. The van der Waals surface area contributed by atoms with Crippen molar-refractivity contribution in [2.75, 3.05) is 0 Å². The molecule has 2 saturated heterocycles. The Morgan fingerprint density at radius 3 is 2.53 bits per heavy atom. The molecule has 4 aliphatic heterocycles. The van der Waals surface area contributed by atoms with Crippen molar-refractivity contribution in [2.45, 2.75) is 11.4 Å². The van der Waals surface area contributed by atoms with Gasteiger partial charge in [0.2, 0.25) is 11.4 Å². The molecule has 2 bridgehead atoms. The van der Waals surface area contributed by atoms with Crippen molar-refractivity contribution >= 4 is 0 Å². The molecule has 17 heavy (non-hydrogen) atoms. The summed E-state index contributed by atoms with van der Waals surface area (Å²) in [6.07, 6.45) is 0. The molecular formula is C12H7NO4. The van der Waals surface area contributed by atoms with Gasteiger partial charge in [0.15, 0.2) is 5.76 Å². The quantitative estimate of drug-likeness (QED) is 0.574. The SMILES string of the molecule is NC1=C2OC1=C1OOC13OC23c1ccccc1. The molecule has 2 fully saturated rings. The summed E-state index contributed by atoms with van der Waals surface area (Å²) in [6.45, 7) is 0. The predicted octanol–water partition coefficient (Wildman–Crippen LogP) is 0.996. The first-order chi connectivity index (χ1) is 8.30. The van der Waals surface area contributed by atoms with Crippen molar-refractivity contribution in [3.8, 4) is 0 Å². The Morgan fingerprint density at radius 2 is 1.88 bits per heavy atom. The summed E-state index contributed by atoms with van der Waals surface area (Å²) < 4.78 is 11.3. The molecule has 0 radical (unpaired) electrons. The van der Waals surface area contributed by atoms with E-state index in [9.17, 15) is 0 Å². The van der Waals surface area contributed by atoms with Gasteiger partial charge in [0, 0.05) is 0 Å². The molecule has 0 amide bonds. The number of rotatable bonds is 1. The lowest BCUT2D eigenvalue weighted by atomic mass is 9.82. The van der Waals surface area contributed by atoms with Gasteiger partial charge in [-0.3, -0.25) is 0 Å². The lowest BCUT2D eigenvalue weighted by molar-refractivity contribution is -0.425.